The summed E-state index contributed by atoms with van der Waals surface area (Å²) in [6.45, 7) is 0. The summed E-state index contributed by atoms with van der Waals surface area (Å²) in [6, 6.07) is 61.7. The molecule has 0 spiro atoms. The lowest BCUT2D eigenvalue weighted by Gasteiger charge is -2.14. The second-order valence-electron chi connectivity index (χ2n) is 12.1. The van der Waals surface area contributed by atoms with Crippen LogP contribution in [0.4, 0.5) is 0 Å². The van der Waals surface area contributed by atoms with Crippen LogP contribution in [-0.2, 0) is 0 Å². The summed E-state index contributed by atoms with van der Waals surface area (Å²) in [5, 5.41) is 2.37. The Kier molecular flexibility index (Phi) is 7.34. The molecule has 3 nitrogen and oxygen atoms in total. The van der Waals surface area contributed by atoms with Crippen molar-refractivity contribution in [1.82, 2.24) is 15.0 Å². The molecule has 0 fully saturated rings. The van der Waals surface area contributed by atoms with E-state index in [-0.39, 0.29) is 0 Å². The topological polar surface area (TPSA) is 38.7 Å². The van der Waals surface area contributed by atoms with Gasteiger partial charge in [-0.1, -0.05) is 140 Å². The van der Waals surface area contributed by atoms with E-state index >= 15 is 0 Å². The number of rotatable bonds is 6. The minimum Gasteiger partial charge on any atom is -0.208 e. The highest BCUT2D eigenvalue weighted by Crippen LogP contribution is 2.43. The van der Waals surface area contributed by atoms with Gasteiger partial charge in [0.2, 0.25) is 0 Å². The number of fused-ring (bicyclic) bond motifs is 3. The molecular weight excluding hydrogens is 615 g/mol. The fourth-order valence-corrected chi connectivity index (χ4v) is 7.69. The molecule has 230 valence electrons. The molecule has 0 bridgehead atoms. The van der Waals surface area contributed by atoms with Crippen molar-refractivity contribution in [1.29, 1.82) is 0 Å². The van der Waals surface area contributed by atoms with Crippen LogP contribution in [0, 0.1) is 0 Å². The van der Waals surface area contributed by atoms with Crippen LogP contribution < -0.4 is 0 Å². The maximum atomic E-state index is 5.18. The second-order valence-corrected chi connectivity index (χ2v) is 13.1. The predicted octanol–water partition coefficient (Wildman–Crippen LogP) is 12.2. The summed E-state index contributed by atoms with van der Waals surface area (Å²) in [5.74, 6) is 1.96. The third-order valence-electron chi connectivity index (χ3n) is 8.90. The average Bonchev–Trinajstić information content (AvgIpc) is 3.57. The van der Waals surface area contributed by atoms with Gasteiger partial charge in [-0.05, 0) is 69.8 Å². The number of nitrogens with zero attached hydrogens (tertiary/aromatic N) is 3. The van der Waals surface area contributed by atoms with Gasteiger partial charge in [-0.15, -0.1) is 11.3 Å². The van der Waals surface area contributed by atoms with E-state index in [2.05, 4.69) is 140 Å². The predicted molar refractivity (Wildman–Crippen MR) is 205 cm³/mol. The first-order valence-corrected chi connectivity index (χ1v) is 17.2. The Hall–Kier alpha value is -6.23. The van der Waals surface area contributed by atoms with Crippen LogP contribution in [0.5, 0.6) is 0 Å². The summed E-state index contributed by atoms with van der Waals surface area (Å²) in [6.07, 6.45) is 0. The van der Waals surface area contributed by atoms with Crippen LogP contribution in [0.1, 0.15) is 0 Å². The molecule has 7 aromatic carbocycles. The van der Waals surface area contributed by atoms with Crippen molar-refractivity contribution in [3.05, 3.63) is 176 Å². The maximum absolute atomic E-state index is 5.18. The molecule has 0 atom stereocenters. The summed E-state index contributed by atoms with van der Waals surface area (Å²) < 4.78 is 2.43. The van der Waals surface area contributed by atoms with Gasteiger partial charge in [0.25, 0.3) is 0 Å². The van der Waals surface area contributed by atoms with E-state index in [4.69, 9.17) is 15.0 Å². The summed E-state index contributed by atoms with van der Waals surface area (Å²) in [5.41, 5.74) is 9.87. The van der Waals surface area contributed by atoms with Gasteiger partial charge in [-0.25, -0.2) is 15.0 Å². The van der Waals surface area contributed by atoms with Gasteiger partial charge in [0.05, 0.1) is 0 Å². The lowest BCUT2D eigenvalue weighted by Crippen LogP contribution is -2.00. The lowest BCUT2D eigenvalue weighted by molar-refractivity contribution is 1.08. The van der Waals surface area contributed by atoms with E-state index < -0.39 is 0 Å². The Labute approximate surface area is 288 Å². The molecule has 0 aliphatic carbocycles. The van der Waals surface area contributed by atoms with Crippen molar-refractivity contribution in [3.63, 3.8) is 0 Å². The molecule has 0 amide bonds. The second kappa shape index (κ2) is 12.4. The fraction of sp³-hybridized carbons (Fsp3) is 0. The number of hydrogen-bond acceptors (Lipinski definition) is 4. The maximum Gasteiger partial charge on any atom is 0.164 e. The van der Waals surface area contributed by atoms with E-state index in [1.165, 1.54) is 37.0 Å². The van der Waals surface area contributed by atoms with Crippen LogP contribution in [0.25, 0.3) is 87.7 Å². The Morgan fingerprint density at radius 2 is 0.714 bits per heavy atom. The standard InChI is InChI=1S/C45H29N3S/c1-5-15-30(16-6-1)34-25-35(31-17-7-2-8-18-31)27-36(26-34)37-28-39(42-38-23-13-14-24-40(38)49-41(42)29-37)45-47-43(32-19-9-3-10-20-32)46-44(48-45)33-21-11-4-12-22-33/h1-29H. The molecule has 0 saturated heterocycles. The van der Waals surface area contributed by atoms with E-state index in [1.54, 1.807) is 0 Å². The third kappa shape index (κ3) is 5.58. The van der Waals surface area contributed by atoms with Gasteiger partial charge in [0, 0.05) is 36.9 Å². The SMILES string of the molecule is c1ccc(-c2cc(-c3ccccc3)cc(-c3cc(-c4nc(-c5ccccc5)nc(-c5ccccc5)n4)c4c(c3)sc3ccccc34)c2)cc1. The van der Waals surface area contributed by atoms with E-state index in [9.17, 15) is 0 Å². The van der Waals surface area contributed by atoms with Crippen molar-refractivity contribution in [3.8, 4) is 67.5 Å². The van der Waals surface area contributed by atoms with Gasteiger partial charge >= 0.3 is 0 Å². The summed E-state index contributed by atoms with van der Waals surface area (Å²) in [7, 11) is 0. The zero-order chi connectivity index (χ0) is 32.6. The van der Waals surface area contributed by atoms with Crippen molar-refractivity contribution < 1.29 is 0 Å². The Balaban J connectivity index is 1.33. The molecular formula is C45H29N3S. The summed E-state index contributed by atoms with van der Waals surface area (Å²) in [4.78, 5) is 15.3. The molecule has 0 radical (unpaired) electrons. The third-order valence-corrected chi connectivity index (χ3v) is 10.0. The molecule has 0 aliphatic rings. The lowest BCUT2D eigenvalue weighted by atomic mass is 9.92. The Morgan fingerprint density at radius 1 is 0.306 bits per heavy atom. The number of thiophene rings is 1. The quantitative estimate of drug-likeness (QED) is 0.181. The fourth-order valence-electron chi connectivity index (χ4n) is 6.52. The van der Waals surface area contributed by atoms with Crippen molar-refractivity contribution in [2.24, 2.45) is 0 Å². The van der Waals surface area contributed by atoms with Crippen molar-refractivity contribution in [2.75, 3.05) is 0 Å². The first-order chi connectivity index (χ1) is 24.3. The van der Waals surface area contributed by atoms with Crippen LogP contribution in [-0.4, -0.2) is 15.0 Å². The van der Waals surface area contributed by atoms with Crippen molar-refractivity contribution in [2.45, 2.75) is 0 Å². The van der Waals surface area contributed by atoms with E-state index in [0.29, 0.717) is 17.5 Å². The average molecular weight is 644 g/mol. The number of hydrogen-bond donors (Lipinski definition) is 0. The van der Waals surface area contributed by atoms with Crippen LogP contribution in [0.15, 0.2) is 176 Å². The molecule has 0 aliphatic heterocycles. The molecule has 9 aromatic rings. The Morgan fingerprint density at radius 3 is 1.24 bits per heavy atom. The largest absolute Gasteiger partial charge is 0.208 e. The van der Waals surface area contributed by atoms with Gasteiger partial charge < -0.3 is 0 Å². The van der Waals surface area contributed by atoms with Crippen LogP contribution in [0.2, 0.25) is 0 Å². The van der Waals surface area contributed by atoms with Crippen molar-refractivity contribution >= 4 is 31.5 Å². The minimum atomic E-state index is 0.653. The smallest absolute Gasteiger partial charge is 0.164 e. The first kappa shape index (κ1) is 29.0. The summed E-state index contributed by atoms with van der Waals surface area (Å²) >= 11 is 1.81. The van der Waals surface area contributed by atoms with E-state index in [1.807, 2.05) is 47.7 Å². The minimum absolute atomic E-state index is 0.653. The van der Waals surface area contributed by atoms with E-state index in [0.717, 1.165) is 33.2 Å². The van der Waals surface area contributed by atoms with Crippen LogP contribution in [0.3, 0.4) is 0 Å². The van der Waals surface area contributed by atoms with Gasteiger partial charge in [-0.2, -0.15) is 0 Å². The van der Waals surface area contributed by atoms with Crippen LogP contribution >= 0.6 is 11.3 Å². The normalized spacial score (nSPS) is 11.3. The van der Waals surface area contributed by atoms with Gasteiger partial charge in [0.15, 0.2) is 17.5 Å². The molecule has 9 rings (SSSR count). The molecule has 2 aromatic heterocycles. The number of aromatic nitrogens is 3. The molecule has 2 heterocycles. The first-order valence-electron chi connectivity index (χ1n) is 16.4. The Bertz CT molecular complexity index is 2460. The highest BCUT2D eigenvalue weighted by atomic mass is 32.1. The molecule has 0 saturated carbocycles. The molecule has 0 N–H and O–H groups in total. The highest BCUT2D eigenvalue weighted by Gasteiger charge is 2.19. The number of benzene rings is 7. The van der Waals surface area contributed by atoms with Gasteiger partial charge in [0.1, 0.15) is 0 Å². The molecule has 0 unspecified atom stereocenters. The molecule has 4 heteroatoms. The monoisotopic (exact) mass is 643 g/mol. The van der Waals surface area contributed by atoms with Gasteiger partial charge in [-0.3, -0.25) is 0 Å². The zero-order valence-electron chi connectivity index (χ0n) is 26.5. The zero-order valence-corrected chi connectivity index (χ0v) is 27.3. The highest BCUT2D eigenvalue weighted by molar-refractivity contribution is 7.26. The molecule has 49 heavy (non-hydrogen) atoms.